The smallest absolute Gasteiger partial charge is 0.343 e. The molecule has 3 aromatic rings. The maximum absolute atomic E-state index is 12.2. The van der Waals surface area contributed by atoms with Gasteiger partial charge in [0.2, 0.25) is 0 Å². The summed E-state index contributed by atoms with van der Waals surface area (Å²) in [6, 6.07) is 21.4. The third-order valence-corrected chi connectivity index (χ3v) is 3.66. The summed E-state index contributed by atoms with van der Waals surface area (Å²) in [4.78, 5) is 12.2. The van der Waals surface area contributed by atoms with Gasteiger partial charge in [-0.15, -0.1) is 0 Å². The third-order valence-electron chi connectivity index (χ3n) is 3.66. The number of esters is 1. The lowest BCUT2D eigenvalue weighted by atomic mass is 10.2. The first kappa shape index (κ1) is 17.4. The average Bonchev–Trinajstić information content (AvgIpc) is 2.67. The molecule has 0 saturated heterocycles. The number of carbonyl (C=O) groups excluding carboxylic acids is 1. The number of nitrogens with zero attached hydrogens (tertiary/aromatic N) is 2. The summed E-state index contributed by atoms with van der Waals surface area (Å²) < 4.78 is 10.5. The molecular weight excluding hydrogens is 328 g/mol. The van der Waals surface area contributed by atoms with Crippen LogP contribution in [-0.2, 0) is 0 Å². The third kappa shape index (κ3) is 4.54. The summed E-state index contributed by atoms with van der Waals surface area (Å²) in [5.74, 6) is 0.882. The van der Waals surface area contributed by atoms with Gasteiger partial charge in [-0.1, -0.05) is 12.1 Å². The molecular formula is C21H18N2O3. The van der Waals surface area contributed by atoms with Crippen molar-refractivity contribution in [2.45, 2.75) is 6.92 Å². The van der Waals surface area contributed by atoms with Gasteiger partial charge in [-0.25, -0.2) is 4.79 Å². The van der Waals surface area contributed by atoms with Gasteiger partial charge in [0.05, 0.1) is 24.0 Å². The Kier molecular flexibility index (Phi) is 5.39. The fourth-order valence-corrected chi connectivity index (χ4v) is 2.27. The van der Waals surface area contributed by atoms with Gasteiger partial charge in [0, 0.05) is 0 Å². The molecule has 0 fully saturated rings. The van der Waals surface area contributed by atoms with Crippen molar-refractivity contribution in [3.8, 4) is 11.5 Å². The predicted octanol–water partition coefficient (Wildman–Crippen LogP) is 5.64. The summed E-state index contributed by atoms with van der Waals surface area (Å²) >= 11 is 0. The normalized spacial score (nSPS) is 10.7. The lowest BCUT2D eigenvalue weighted by Crippen LogP contribution is -2.08. The maximum atomic E-state index is 12.2. The van der Waals surface area contributed by atoms with Crippen molar-refractivity contribution >= 4 is 17.3 Å². The summed E-state index contributed by atoms with van der Waals surface area (Å²) in [6.07, 6.45) is 0. The second-order valence-electron chi connectivity index (χ2n) is 5.65. The highest BCUT2D eigenvalue weighted by atomic mass is 16.5. The van der Waals surface area contributed by atoms with Gasteiger partial charge in [-0.2, -0.15) is 10.2 Å². The van der Waals surface area contributed by atoms with Crippen LogP contribution in [0.25, 0.3) is 0 Å². The van der Waals surface area contributed by atoms with E-state index < -0.39 is 5.97 Å². The van der Waals surface area contributed by atoms with Crippen molar-refractivity contribution in [1.82, 2.24) is 0 Å². The zero-order valence-electron chi connectivity index (χ0n) is 14.5. The number of hydrogen-bond acceptors (Lipinski definition) is 5. The molecule has 0 N–H and O–H groups in total. The lowest BCUT2D eigenvalue weighted by molar-refractivity contribution is 0.0735. The molecule has 0 amide bonds. The van der Waals surface area contributed by atoms with E-state index in [0.717, 1.165) is 11.3 Å². The van der Waals surface area contributed by atoms with Crippen LogP contribution in [0, 0.1) is 6.92 Å². The molecule has 3 aromatic carbocycles. The molecule has 130 valence electrons. The van der Waals surface area contributed by atoms with E-state index in [1.807, 2.05) is 49.4 Å². The molecule has 0 unspecified atom stereocenters. The van der Waals surface area contributed by atoms with Gasteiger partial charge in [0.15, 0.2) is 0 Å². The van der Waals surface area contributed by atoms with Crippen molar-refractivity contribution < 1.29 is 14.3 Å². The van der Waals surface area contributed by atoms with Gasteiger partial charge >= 0.3 is 5.97 Å². The molecule has 3 rings (SSSR count). The number of methoxy groups -OCH3 is 1. The number of hydrogen-bond donors (Lipinski definition) is 0. The number of benzene rings is 3. The first-order chi connectivity index (χ1) is 12.6. The highest BCUT2D eigenvalue weighted by Gasteiger charge is 2.08. The number of ether oxygens (including phenoxy) is 2. The number of aryl methyl sites for hydroxylation is 1. The summed E-state index contributed by atoms with van der Waals surface area (Å²) in [5, 5.41) is 8.32. The standard InChI is InChI=1S/C21H18N2O3/c1-15-4-3-5-20(14-15)26-21(24)16-6-8-17(9-7-16)22-23-18-10-12-19(25-2)13-11-18/h3-14H,1-2H3. The Balaban J connectivity index is 1.65. The van der Waals surface area contributed by atoms with E-state index in [4.69, 9.17) is 9.47 Å². The molecule has 0 heterocycles. The molecule has 0 saturated carbocycles. The van der Waals surface area contributed by atoms with Gasteiger partial charge in [-0.05, 0) is 73.2 Å². The predicted molar refractivity (Wildman–Crippen MR) is 99.7 cm³/mol. The lowest BCUT2D eigenvalue weighted by Gasteiger charge is -2.05. The molecule has 0 aliphatic rings. The van der Waals surface area contributed by atoms with Crippen molar-refractivity contribution in [2.75, 3.05) is 7.11 Å². The Morgan fingerprint density at radius 1 is 0.808 bits per heavy atom. The molecule has 0 radical (unpaired) electrons. The van der Waals surface area contributed by atoms with Gasteiger partial charge < -0.3 is 9.47 Å². The van der Waals surface area contributed by atoms with Crippen LogP contribution in [0.3, 0.4) is 0 Å². The summed E-state index contributed by atoms with van der Waals surface area (Å²) in [5.41, 5.74) is 2.85. The quantitative estimate of drug-likeness (QED) is 0.341. The van der Waals surface area contributed by atoms with E-state index in [2.05, 4.69) is 10.2 Å². The van der Waals surface area contributed by atoms with Gasteiger partial charge in [0.25, 0.3) is 0 Å². The van der Waals surface area contributed by atoms with Gasteiger partial charge in [0.1, 0.15) is 11.5 Å². The highest BCUT2D eigenvalue weighted by molar-refractivity contribution is 5.91. The van der Waals surface area contributed by atoms with Crippen molar-refractivity contribution in [1.29, 1.82) is 0 Å². The Hall–Kier alpha value is -3.47. The molecule has 0 atom stereocenters. The zero-order chi connectivity index (χ0) is 18.4. The van der Waals surface area contributed by atoms with E-state index >= 15 is 0 Å². The van der Waals surface area contributed by atoms with Crippen LogP contribution in [0.1, 0.15) is 15.9 Å². The van der Waals surface area contributed by atoms with E-state index in [1.165, 1.54) is 0 Å². The molecule has 0 spiro atoms. The van der Waals surface area contributed by atoms with Crippen LogP contribution in [-0.4, -0.2) is 13.1 Å². The highest BCUT2D eigenvalue weighted by Crippen LogP contribution is 2.22. The van der Waals surface area contributed by atoms with E-state index in [0.29, 0.717) is 22.7 Å². The Labute approximate surface area is 151 Å². The van der Waals surface area contributed by atoms with E-state index in [9.17, 15) is 4.79 Å². The van der Waals surface area contributed by atoms with Gasteiger partial charge in [-0.3, -0.25) is 0 Å². The van der Waals surface area contributed by atoms with E-state index in [1.54, 1.807) is 37.4 Å². The number of rotatable bonds is 5. The molecule has 0 aromatic heterocycles. The van der Waals surface area contributed by atoms with Crippen molar-refractivity contribution in [3.05, 3.63) is 83.9 Å². The Morgan fingerprint density at radius 2 is 1.42 bits per heavy atom. The first-order valence-electron chi connectivity index (χ1n) is 8.09. The minimum atomic E-state index is -0.408. The second-order valence-corrected chi connectivity index (χ2v) is 5.65. The fourth-order valence-electron chi connectivity index (χ4n) is 2.27. The molecule has 0 aliphatic carbocycles. The molecule has 5 nitrogen and oxygen atoms in total. The van der Waals surface area contributed by atoms with Crippen LogP contribution in [0.5, 0.6) is 11.5 Å². The van der Waals surface area contributed by atoms with E-state index in [-0.39, 0.29) is 0 Å². The minimum Gasteiger partial charge on any atom is -0.497 e. The van der Waals surface area contributed by atoms with Crippen LogP contribution in [0.2, 0.25) is 0 Å². The molecule has 0 bridgehead atoms. The number of carbonyl (C=O) groups is 1. The molecule has 26 heavy (non-hydrogen) atoms. The number of azo groups is 1. The molecule has 0 aliphatic heterocycles. The summed E-state index contributed by atoms with van der Waals surface area (Å²) in [7, 11) is 1.61. The second kappa shape index (κ2) is 8.07. The Bertz CT molecular complexity index is 917. The summed E-state index contributed by atoms with van der Waals surface area (Å²) in [6.45, 7) is 1.94. The van der Waals surface area contributed by atoms with Crippen molar-refractivity contribution in [3.63, 3.8) is 0 Å². The van der Waals surface area contributed by atoms with Crippen LogP contribution in [0.15, 0.2) is 83.0 Å². The first-order valence-corrected chi connectivity index (χ1v) is 8.09. The largest absolute Gasteiger partial charge is 0.497 e. The minimum absolute atomic E-state index is 0.408. The van der Waals surface area contributed by atoms with Crippen LogP contribution in [0.4, 0.5) is 11.4 Å². The Morgan fingerprint density at radius 3 is 2.00 bits per heavy atom. The fraction of sp³-hybridized carbons (Fsp3) is 0.0952. The van der Waals surface area contributed by atoms with Crippen LogP contribution < -0.4 is 9.47 Å². The SMILES string of the molecule is COc1ccc(N=Nc2ccc(C(=O)Oc3cccc(C)c3)cc2)cc1. The van der Waals surface area contributed by atoms with Crippen molar-refractivity contribution in [2.24, 2.45) is 10.2 Å². The monoisotopic (exact) mass is 346 g/mol. The average molecular weight is 346 g/mol. The topological polar surface area (TPSA) is 60.2 Å². The van der Waals surface area contributed by atoms with Crippen LogP contribution >= 0.6 is 0 Å². The zero-order valence-corrected chi connectivity index (χ0v) is 14.5. The maximum Gasteiger partial charge on any atom is 0.343 e. The molecule has 5 heteroatoms.